The summed E-state index contributed by atoms with van der Waals surface area (Å²) < 4.78 is 42.6. The molecule has 74 valence electrons. The van der Waals surface area contributed by atoms with Gasteiger partial charge >= 0.3 is 0 Å². The Morgan fingerprint density at radius 2 is 1.85 bits per heavy atom. The average Bonchev–Trinajstić information content (AvgIpc) is 2.28. The maximum absolute atomic E-state index is 10.7. The summed E-state index contributed by atoms with van der Waals surface area (Å²) in [6, 6.07) is 0.919. The van der Waals surface area contributed by atoms with E-state index in [-0.39, 0.29) is 9.10 Å². The van der Waals surface area contributed by atoms with E-state index in [9.17, 15) is 16.8 Å². The molecule has 0 aliphatic carbocycles. The molecule has 0 bridgehead atoms. The van der Waals surface area contributed by atoms with Gasteiger partial charge in [0.25, 0.3) is 9.05 Å². The minimum absolute atomic E-state index is 0.238. The molecule has 1 aromatic rings. The quantitative estimate of drug-likeness (QED) is 0.776. The van der Waals surface area contributed by atoms with Crippen LogP contribution < -0.4 is 5.14 Å². The van der Waals surface area contributed by atoms with Crippen LogP contribution in [0.25, 0.3) is 0 Å². The van der Waals surface area contributed by atoms with Crippen molar-refractivity contribution in [1.82, 2.24) is 0 Å². The number of hydrogen-bond acceptors (Lipinski definition) is 5. The van der Waals surface area contributed by atoms with E-state index < -0.39 is 19.1 Å². The number of sulfonamides is 1. The first-order valence-corrected chi connectivity index (χ1v) is 7.51. The van der Waals surface area contributed by atoms with E-state index in [1.807, 2.05) is 0 Å². The Morgan fingerprint density at radius 1 is 1.31 bits per heavy atom. The van der Waals surface area contributed by atoms with Gasteiger partial charge in [-0.25, -0.2) is 22.0 Å². The third kappa shape index (κ3) is 2.64. The van der Waals surface area contributed by atoms with Gasteiger partial charge in [0, 0.05) is 16.1 Å². The van der Waals surface area contributed by atoms with Gasteiger partial charge in [-0.2, -0.15) is 0 Å². The second kappa shape index (κ2) is 3.21. The third-order valence-electron chi connectivity index (χ3n) is 1.12. The van der Waals surface area contributed by atoms with Gasteiger partial charge in [-0.05, 0) is 6.07 Å². The van der Waals surface area contributed by atoms with Crippen LogP contribution in [0.2, 0.25) is 0 Å². The van der Waals surface area contributed by atoms with Gasteiger partial charge in [0.1, 0.15) is 4.21 Å². The molecule has 0 aromatic carbocycles. The van der Waals surface area contributed by atoms with E-state index >= 15 is 0 Å². The van der Waals surface area contributed by atoms with Gasteiger partial charge in [0.15, 0.2) is 0 Å². The predicted octanol–water partition coefficient (Wildman–Crippen LogP) is 0.323. The van der Waals surface area contributed by atoms with Crippen molar-refractivity contribution in [1.29, 1.82) is 0 Å². The zero-order valence-corrected chi connectivity index (χ0v) is 9.17. The van der Waals surface area contributed by atoms with Gasteiger partial charge in [-0.3, -0.25) is 0 Å². The fourth-order valence-corrected chi connectivity index (χ4v) is 3.52. The molecule has 0 unspecified atom stereocenters. The number of primary sulfonamides is 1. The Balaban J connectivity index is 3.32. The zero-order valence-electron chi connectivity index (χ0n) is 5.97. The van der Waals surface area contributed by atoms with E-state index in [4.69, 9.17) is 15.8 Å². The molecule has 0 radical (unpaired) electrons. The molecule has 0 saturated heterocycles. The minimum atomic E-state index is -3.87. The van der Waals surface area contributed by atoms with Crippen LogP contribution in [0, 0.1) is 0 Å². The molecule has 0 atom stereocenters. The highest BCUT2D eigenvalue weighted by atomic mass is 35.7. The predicted molar refractivity (Wildman–Crippen MR) is 48.7 cm³/mol. The van der Waals surface area contributed by atoms with Crippen molar-refractivity contribution in [2.75, 3.05) is 0 Å². The van der Waals surface area contributed by atoms with Gasteiger partial charge in [-0.15, -0.1) is 11.3 Å². The molecule has 1 rings (SSSR count). The van der Waals surface area contributed by atoms with Crippen LogP contribution in [0.5, 0.6) is 0 Å². The summed E-state index contributed by atoms with van der Waals surface area (Å²) in [5.74, 6) is 0. The number of nitrogens with two attached hydrogens (primary N) is 1. The standard InChI is InChI=1S/C4H4ClNO4S3/c5-12(7,8)4-1-3(2-11-4)13(6,9)10/h1-2H,(H2,6,9,10). The fraction of sp³-hybridized carbons (Fsp3) is 0. The second-order valence-electron chi connectivity index (χ2n) is 2.08. The number of halogens is 1. The lowest BCUT2D eigenvalue weighted by Gasteiger charge is -1.88. The summed E-state index contributed by atoms with van der Waals surface area (Å²) in [5, 5.41) is 5.87. The molecule has 1 aromatic heterocycles. The Morgan fingerprint density at radius 3 is 2.08 bits per heavy atom. The first-order valence-electron chi connectivity index (χ1n) is 2.77. The van der Waals surface area contributed by atoms with Gasteiger partial charge in [0.05, 0.1) is 4.90 Å². The van der Waals surface area contributed by atoms with Crippen LogP contribution in [0.3, 0.4) is 0 Å². The molecule has 0 amide bonds. The lowest BCUT2D eigenvalue weighted by Crippen LogP contribution is -2.10. The molecule has 0 saturated carbocycles. The van der Waals surface area contributed by atoms with Crippen LogP contribution in [-0.2, 0) is 19.1 Å². The van der Waals surface area contributed by atoms with Crippen LogP contribution in [0.4, 0.5) is 0 Å². The monoisotopic (exact) mass is 261 g/mol. The van der Waals surface area contributed by atoms with Crippen molar-refractivity contribution >= 4 is 41.1 Å². The van der Waals surface area contributed by atoms with Crippen LogP contribution in [0.15, 0.2) is 20.6 Å². The van der Waals surface area contributed by atoms with E-state index in [2.05, 4.69) is 0 Å². The van der Waals surface area contributed by atoms with E-state index in [0.717, 1.165) is 11.4 Å². The van der Waals surface area contributed by atoms with Crippen molar-refractivity contribution in [3.8, 4) is 0 Å². The van der Waals surface area contributed by atoms with Crippen molar-refractivity contribution in [3.05, 3.63) is 11.4 Å². The van der Waals surface area contributed by atoms with E-state index in [1.165, 1.54) is 0 Å². The summed E-state index contributed by atoms with van der Waals surface area (Å²) in [5.41, 5.74) is 0. The highest BCUT2D eigenvalue weighted by Gasteiger charge is 2.17. The number of hydrogen-bond donors (Lipinski definition) is 1. The third-order valence-corrected chi connectivity index (χ3v) is 5.20. The first kappa shape index (κ1) is 10.9. The summed E-state index contributed by atoms with van der Waals surface area (Å²) in [6.07, 6.45) is 0. The molecule has 0 aliphatic heterocycles. The Bertz CT molecular complexity index is 467. The summed E-state index contributed by atoms with van der Waals surface area (Å²) in [6.45, 7) is 0. The molecule has 0 spiro atoms. The van der Waals surface area contributed by atoms with Crippen LogP contribution in [0.1, 0.15) is 0 Å². The normalized spacial score (nSPS) is 13.1. The number of rotatable bonds is 2. The van der Waals surface area contributed by atoms with Crippen molar-refractivity contribution in [3.63, 3.8) is 0 Å². The van der Waals surface area contributed by atoms with Gasteiger partial charge < -0.3 is 0 Å². The fourth-order valence-electron chi connectivity index (χ4n) is 0.577. The van der Waals surface area contributed by atoms with E-state index in [0.29, 0.717) is 11.3 Å². The molecule has 1 heterocycles. The minimum Gasteiger partial charge on any atom is -0.225 e. The average molecular weight is 262 g/mol. The van der Waals surface area contributed by atoms with Crippen LogP contribution in [-0.4, -0.2) is 16.8 Å². The summed E-state index contributed by atoms with van der Waals surface area (Å²) in [7, 11) is -2.76. The molecule has 13 heavy (non-hydrogen) atoms. The Kier molecular flexibility index (Phi) is 2.70. The zero-order chi connectivity index (χ0) is 10.3. The topological polar surface area (TPSA) is 94.3 Å². The van der Waals surface area contributed by atoms with Crippen molar-refractivity contribution in [2.24, 2.45) is 5.14 Å². The Labute approximate surface area is 83.6 Å². The summed E-state index contributed by atoms with van der Waals surface area (Å²) in [4.78, 5) is -0.253. The molecule has 0 aliphatic rings. The summed E-state index contributed by atoms with van der Waals surface area (Å²) >= 11 is 0.704. The SMILES string of the molecule is NS(=O)(=O)c1csc(S(=O)(=O)Cl)c1. The molecule has 5 nitrogen and oxygen atoms in total. The van der Waals surface area contributed by atoms with E-state index in [1.54, 1.807) is 0 Å². The largest absolute Gasteiger partial charge is 0.270 e. The van der Waals surface area contributed by atoms with Crippen molar-refractivity contribution < 1.29 is 16.8 Å². The van der Waals surface area contributed by atoms with Crippen LogP contribution >= 0.6 is 22.0 Å². The first-order chi connectivity index (χ1) is 5.71. The lowest BCUT2D eigenvalue weighted by molar-refractivity contribution is 0.598. The van der Waals surface area contributed by atoms with Gasteiger partial charge in [-0.1, -0.05) is 0 Å². The maximum atomic E-state index is 10.7. The molecule has 2 N–H and O–H groups in total. The highest BCUT2D eigenvalue weighted by Crippen LogP contribution is 2.25. The smallest absolute Gasteiger partial charge is 0.225 e. The molecular formula is C4H4ClNO4S3. The molecule has 0 fully saturated rings. The highest BCUT2D eigenvalue weighted by molar-refractivity contribution is 8.15. The van der Waals surface area contributed by atoms with Crippen molar-refractivity contribution in [2.45, 2.75) is 9.10 Å². The number of thiophene rings is 1. The maximum Gasteiger partial charge on any atom is 0.270 e. The molecular weight excluding hydrogens is 258 g/mol. The van der Waals surface area contributed by atoms with Gasteiger partial charge in [0.2, 0.25) is 10.0 Å². The molecule has 9 heteroatoms. The second-order valence-corrected chi connectivity index (χ2v) is 7.35. The lowest BCUT2D eigenvalue weighted by atomic mass is 10.7. The Hall–Kier alpha value is -0.150.